The van der Waals surface area contributed by atoms with E-state index in [4.69, 9.17) is 0 Å². The molecule has 0 fully saturated rings. The van der Waals surface area contributed by atoms with Crippen molar-refractivity contribution in [2.24, 2.45) is 0 Å². The van der Waals surface area contributed by atoms with Crippen molar-refractivity contribution in [3.63, 3.8) is 0 Å². The van der Waals surface area contributed by atoms with Gasteiger partial charge in [-0.1, -0.05) is 12.1 Å². The van der Waals surface area contributed by atoms with E-state index >= 15 is 0 Å². The molecule has 8 heteroatoms. The van der Waals surface area contributed by atoms with Crippen LogP contribution in [0.3, 0.4) is 0 Å². The molecule has 2 rings (SSSR count). The van der Waals surface area contributed by atoms with E-state index in [2.05, 4.69) is 4.74 Å². The highest BCUT2D eigenvalue weighted by atomic mass is 19.4. The standard InChI is InChI=1S/C15H10F3NO4/c1-23-14(20)13-8-11(19(21)22)6-7-12(13)9-2-4-10(5-3-9)15(16,17)18/h2-8H,1H3. The number of alkyl halides is 3. The molecule has 0 aliphatic heterocycles. The molecule has 0 saturated carbocycles. The fourth-order valence-electron chi connectivity index (χ4n) is 2.02. The van der Waals surface area contributed by atoms with Gasteiger partial charge in [-0.15, -0.1) is 0 Å². The van der Waals surface area contributed by atoms with Gasteiger partial charge in [-0.25, -0.2) is 4.79 Å². The van der Waals surface area contributed by atoms with Gasteiger partial charge in [0.15, 0.2) is 0 Å². The van der Waals surface area contributed by atoms with E-state index in [1.807, 2.05) is 0 Å². The average Bonchev–Trinajstić information content (AvgIpc) is 2.52. The van der Waals surface area contributed by atoms with Gasteiger partial charge >= 0.3 is 12.1 Å². The van der Waals surface area contributed by atoms with Gasteiger partial charge < -0.3 is 4.74 Å². The summed E-state index contributed by atoms with van der Waals surface area (Å²) in [5, 5.41) is 10.8. The quantitative estimate of drug-likeness (QED) is 0.484. The van der Waals surface area contributed by atoms with Crippen LogP contribution in [0.25, 0.3) is 11.1 Å². The van der Waals surface area contributed by atoms with Crippen LogP contribution in [-0.2, 0) is 10.9 Å². The molecule has 0 saturated heterocycles. The smallest absolute Gasteiger partial charge is 0.416 e. The number of hydrogen-bond donors (Lipinski definition) is 0. The van der Waals surface area contributed by atoms with Crippen molar-refractivity contribution in [2.45, 2.75) is 6.18 Å². The molecule has 0 aromatic heterocycles. The number of rotatable bonds is 3. The molecule has 0 aliphatic rings. The molecule has 0 unspecified atom stereocenters. The van der Waals surface area contributed by atoms with E-state index in [1.54, 1.807) is 0 Å². The first-order valence-electron chi connectivity index (χ1n) is 6.28. The van der Waals surface area contributed by atoms with Crippen LogP contribution < -0.4 is 0 Å². The maximum absolute atomic E-state index is 12.6. The number of nitro groups is 1. The summed E-state index contributed by atoms with van der Waals surface area (Å²) >= 11 is 0. The maximum atomic E-state index is 12.6. The number of carbonyl (C=O) groups is 1. The van der Waals surface area contributed by atoms with E-state index in [0.717, 1.165) is 25.3 Å². The molecule has 120 valence electrons. The van der Waals surface area contributed by atoms with Crippen LogP contribution in [0.4, 0.5) is 18.9 Å². The highest BCUT2D eigenvalue weighted by Crippen LogP contribution is 2.33. The van der Waals surface area contributed by atoms with E-state index in [9.17, 15) is 28.1 Å². The zero-order chi connectivity index (χ0) is 17.2. The molecule has 0 N–H and O–H groups in total. The number of hydrogen-bond acceptors (Lipinski definition) is 4. The number of halogens is 3. The lowest BCUT2D eigenvalue weighted by molar-refractivity contribution is -0.384. The summed E-state index contributed by atoms with van der Waals surface area (Å²) in [6.45, 7) is 0. The number of esters is 1. The summed E-state index contributed by atoms with van der Waals surface area (Å²) in [5.41, 5.74) is -0.685. The summed E-state index contributed by atoms with van der Waals surface area (Å²) < 4.78 is 42.3. The van der Waals surface area contributed by atoms with Crippen molar-refractivity contribution in [3.05, 3.63) is 63.7 Å². The third-order valence-electron chi connectivity index (χ3n) is 3.14. The largest absolute Gasteiger partial charge is 0.465 e. The van der Waals surface area contributed by atoms with E-state index in [1.165, 1.54) is 24.3 Å². The fraction of sp³-hybridized carbons (Fsp3) is 0.133. The van der Waals surface area contributed by atoms with Gasteiger partial charge in [0.2, 0.25) is 0 Å². The van der Waals surface area contributed by atoms with Crippen LogP contribution >= 0.6 is 0 Å². The molecule has 2 aromatic rings. The van der Waals surface area contributed by atoms with Crippen molar-refractivity contribution in [2.75, 3.05) is 7.11 Å². The topological polar surface area (TPSA) is 69.4 Å². The molecule has 0 radical (unpaired) electrons. The number of nitrogens with zero attached hydrogens (tertiary/aromatic N) is 1. The Hall–Kier alpha value is -2.90. The SMILES string of the molecule is COC(=O)c1cc([N+](=O)[O-])ccc1-c1ccc(C(F)(F)F)cc1. The van der Waals surface area contributed by atoms with Gasteiger partial charge in [0.1, 0.15) is 0 Å². The highest BCUT2D eigenvalue weighted by molar-refractivity contribution is 5.98. The zero-order valence-electron chi connectivity index (χ0n) is 11.8. The second-order valence-electron chi connectivity index (χ2n) is 4.55. The molecular formula is C15H10F3NO4. The van der Waals surface area contributed by atoms with E-state index in [-0.39, 0.29) is 16.8 Å². The maximum Gasteiger partial charge on any atom is 0.416 e. The zero-order valence-corrected chi connectivity index (χ0v) is 11.8. The summed E-state index contributed by atoms with van der Waals surface area (Å²) in [6.07, 6.45) is -4.47. The molecule has 0 spiro atoms. The van der Waals surface area contributed by atoms with Crippen LogP contribution in [0.2, 0.25) is 0 Å². The number of nitro benzene ring substituents is 1. The lowest BCUT2D eigenvalue weighted by atomic mass is 9.98. The van der Waals surface area contributed by atoms with E-state index < -0.39 is 22.6 Å². The minimum atomic E-state index is -4.47. The summed E-state index contributed by atoms with van der Waals surface area (Å²) in [5.74, 6) is -0.816. The Morgan fingerprint density at radius 3 is 2.22 bits per heavy atom. The van der Waals surface area contributed by atoms with Crippen molar-refractivity contribution in [1.29, 1.82) is 0 Å². The van der Waals surface area contributed by atoms with Crippen molar-refractivity contribution >= 4 is 11.7 Å². The Balaban J connectivity index is 2.54. The molecule has 0 heterocycles. The number of methoxy groups -OCH3 is 1. The van der Waals surface area contributed by atoms with Gasteiger partial charge in [-0.2, -0.15) is 13.2 Å². The lowest BCUT2D eigenvalue weighted by Gasteiger charge is -2.10. The van der Waals surface area contributed by atoms with Gasteiger partial charge in [0, 0.05) is 12.1 Å². The molecule has 0 aliphatic carbocycles. The van der Waals surface area contributed by atoms with Crippen LogP contribution in [-0.4, -0.2) is 18.0 Å². The average molecular weight is 325 g/mol. The fourth-order valence-corrected chi connectivity index (χ4v) is 2.02. The van der Waals surface area contributed by atoms with Gasteiger partial charge in [-0.05, 0) is 29.3 Å². The Kier molecular flexibility index (Phi) is 4.35. The first kappa shape index (κ1) is 16.5. The number of non-ortho nitro benzene ring substituents is 1. The molecule has 2 aromatic carbocycles. The number of ether oxygens (including phenoxy) is 1. The molecule has 23 heavy (non-hydrogen) atoms. The van der Waals surface area contributed by atoms with E-state index in [0.29, 0.717) is 5.56 Å². The van der Waals surface area contributed by atoms with Crippen LogP contribution in [0.15, 0.2) is 42.5 Å². The van der Waals surface area contributed by atoms with Crippen LogP contribution in [0.5, 0.6) is 0 Å². The first-order chi connectivity index (χ1) is 10.7. The van der Waals surface area contributed by atoms with Crippen molar-refractivity contribution in [3.8, 4) is 11.1 Å². The molecule has 0 amide bonds. The van der Waals surface area contributed by atoms with Gasteiger partial charge in [0.05, 0.1) is 23.2 Å². The number of benzene rings is 2. The Morgan fingerprint density at radius 1 is 1.13 bits per heavy atom. The predicted octanol–water partition coefficient (Wildman–Crippen LogP) is 4.07. The van der Waals surface area contributed by atoms with Gasteiger partial charge in [-0.3, -0.25) is 10.1 Å². The normalized spacial score (nSPS) is 11.1. The second-order valence-corrected chi connectivity index (χ2v) is 4.55. The minimum Gasteiger partial charge on any atom is -0.465 e. The monoisotopic (exact) mass is 325 g/mol. The Bertz CT molecular complexity index is 754. The molecule has 0 bridgehead atoms. The van der Waals surface area contributed by atoms with Gasteiger partial charge in [0.25, 0.3) is 5.69 Å². The molecule has 5 nitrogen and oxygen atoms in total. The Morgan fingerprint density at radius 2 is 1.74 bits per heavy atom. The second kappa shape index (κ2) is 6.07. The first-order valence-corrected chi connectivity index (χ1v) is 6.28. The molecular weight excluding hydrogens is 315 g/mol. The summed E-state index contributed by atoms with van der Waals surface area (Å²) in [7, 11) is 1.11. The van der Waals surface area contributed by atoms with Crippen molar-refractivity contribution < 1.29 is 27.6 Å². The lowest BCUT2D eigenvalue weighted by Crippen LogP contribution is -2.06. The third kappa shape index (κ3) is 3.47. The van der Waals surface area contributed by atoms with Crippen LogP contribution in [0, 0.1) is 10.1 Å². The highest BCUT2D eigenvalue weighted by Gasteiger charge is 2.30. The van der Waals surface area contributed by atoms with Crippen LogP contribution in [0.1, 0.15) is 15.9 Å². The molecule has 0 atom stereocenters. The summed E-state index contributed by atoms with van der Waals surface area (Å²) in [6, 6.07) is 7.62. The minimum absolute atomic E-state index is 0.0959. The number of carbonyl (C=O) groups excluding carboxylic acids is 1. The van der Waals surface area contributed by atoms with Crippen molar-refractivity contribution in [1.82, 2.24) is 0 Å². The summed E-state index contributed by atoms with van der Waals surface area (Å²) in [4.78, 5) is 21.9. The third-order valence-corrected chi connectivity index (χ3v) is 3.14. The predicted molar refractivity (Wildman–Crippen MR) is 74.9 cm³/mol. The Labute approximate surface area is 128 Å².